The van der Waals surface area contributed by atoms with E-state index in [0.717, 1.165) is 12.8 Å². The van der Waals surface area contributed by atoms with E-state index in [1.807, 2.05) is 0 Å². The maximum absolute atomic E-state index is 10.1. The van der Waals surface area contributed by atoms with Gasteiger partial charge in [-0.1, -0.05) is 0 Å². The fraction of sp³-hybridized carbons (Fsp3) is 0.800. The molecule has 2 aliphatic heterocycles. The number of aliphatic carboxylic acids is 2. The van der Waals surface area contributed by atoms with Crippen LogP contribution in [0.25, 0.3) is 0 Å². The Bertz CT molecular complexity index is 234. The first-order chi connectivity index (χ1) is 7.61. The van der Waals surface area contributed by atoms with Crippen molar-refractivity contribution in [2.45, 2.75) is 37.9 Å². The number of carbonyl (C=O) groups is 2. The Morgan fingerprint density at radius 2 is 1.05 bits per heavy atom. The summed E-state index contributed by atoms with van der Waals surface area (Å²) in [5.41, 5.74) is 0. The van der Waals surface area contributed by atoms with Crippen molar-refractivity contribution in [3.05, 3.63) is 0 Å². The monoisotopic (exact) mass is 556 g/mol. The molecule has 0 aromatic rings. The molecule has 0 amide bonds. The van der Waals surface area contributed by atoms with E-state index in [1.54, 1.807) is 0 Å². The molecule has 0 saturated carbocycles. The molecule has 2 unspecified atom stereocenters. The molecule has 0 bridgehead atoms. The van der Waals surface area contributed by atoms with E-state index in [2.05, 4.69) is 0 Å². The van der Waals surface area contributed by atoms with Crippen LogP contribution in [0.15, 0.2) is 0 Å². The van der Waals surface area contributed by atoms with Crippen LogP contribution >= 0.6 is 49.6 Å². The Morgan fingerprint density at radius 3 is 1.14 bits per heavy atom. The van der Waals surface area contributed by atoms with Crippen molar-refractivity contribution in [3.63, 3.8) is 0 Å². The van der Waals surface area contributed by atoms with Gasteiger partial charge in [-0.05, 0) is 25.7 Å². The molecular formula is C10H20Cl4HfO6. The summed E-state index contributed by atoms with van der Waals surface area (Å²) in [5.74, 6) is -1.66. The summed E-state index contributed by atoms with van der Waals surface area (Å²) in [6, 6.07) is 0. The molecule has 11 heteroatoms. The van der Waals surface area contributed by atoms with Gasteiger partial charge in [0.15, 0.2) is 12.2 Å². The standard InChI is InChI=1S/2C5H8O3.4ClH.Hf/c2*6-5(7)4-2-1-3-8-4;;;;;/h2*4H,1-3H2,(H,6,7);4*1H;. The molecule has 2 aliphatic rings. The Morgan fingerprint density at radius 1 is 0.762 bits per heavy atom. The molecular weight excluding hydrogens is 536 g/mol. The Hall–Kier alpha value is 0.890. The van der Waals surface area contributed by atoms with Crippen LogP contribution in [0.2, 0.25) is 0 Å². The van der Waals surface area contributed by atoms with E-state index < -0.39 is 24.1 Å². The number of carboxylic acids is 2. The van der Waals surface area contributed by atoms with Gasteiger partial charge >= 0.3 is 11.9 Å². The first-order valence-electron chi connectivity index (χ1n) is 5.30. The van der Waals surface area contributed by atoms with Crippen molar-refractivity contribution in [2.24, 2.45) is 0 Å². The summed E-state index contributed by atoms with van der Waals surface area (Å²) in [6.45, 7) is 1.22. The van der Waals surface area contributed by atoms with Crippen LogP contribution in [0.5, 0.6) is 0 Å². The molecule has 21 heavy (non-hydrogen) atoms. The van der Waals surface area contributed by atoms with Crippen LogP contribution in [-0.2, 0) is 44.9 Å². The van der Waals surface area contributed by atoms with Gasteiger partial charge in [0.2, 0.25) is 0 Å². The predicted molar refractivity (Wildman–Crippen MR) is 82.2 cm³/mol. The minimum Gasteiger partial charge on any atom is -0.479 e. The van der Waals surface area contributed by atoms with Crippen molar-refractivity contribution in [2.75, 3.05) is 13.2 Å². The normalized spacial score (nSPS) is 21.5. The molecule has 128 valence electrons. The SMILES string of the molecule is Cl.Cl.Cl.Cl.O=C(O)C1CCCO1.O=C(O)C1CCCO1.[Hf]. The van der Waals surface area contributed by atoms with Crippen LogP contribution in [0, 0.1) is 0 Å². The topological polar surface area (TPSA) is 93.1 Å². The molecule has 0 spiro atoms. The van der Waals surface area contributed by atoms with E-state index >= 15 is 0 Å². The van der Waals surface area contributed by atoms with E-state index in [1.165, 1.54) is 0 Å². The molecule has 0 aliphatic carbocycles. The van der Waals surface area contributed by atoms with Crippen LogP contribution < -0.4 is 0 Å². The van der Waals surface area contributed by atoms with Gasteiger partial charge in [0.05, 0.1) is 0 Å². The molecule has 2 fully saturated rings. The third kappa shape index (κ3) is 14.2. The van der Waals surface area contributed by atoms with Crippen LogP contribution in [-0.4, -0.2) is 47.6 Å². The number of rotatable bonds is 2. The van der Waals surface area contributed by atoms with Gasteiger partial charge in [-0.3, -0.25) is 0 Å². The first-order valence-corrected chi connectivity index (χ1v) is 5.30. The molecule has 2 saturated heterocycles. The van der Waals surface area contributed by atoms with Gasteiger partial charge in [0, 0.05) is 39.1 Å². The predicted octanol–water partition coefficient (Wildman–Crippen LogP) is 2.18. The molecule has 2 heterocycles. The van der Waals surface area contributed by atoms with Crippen molar-refractivity contribution < 1.29 is 55.1 Å². The zero-order valence-corrected chi connectivity index (χ0v) is 17.9. The maximum atomic E-state index is 10.1. The maximum Gasteiger partial charge on any atom is 0.332 e. The fourth-order valence-corrected chi connectivity index (χ4v) is 1.54. The third-order valence-corrected chi connectivity index (χ3v) is 2.41. The minimum absolute atomic E-state index is 0. The molecule has 2 atom stereocenters. The summed E-state index contributed by atoms with van der Waals surface area (Å²) < 4.78 is 9.63. The van der Waals surface area contributed by atoms with Crippen molar-refractivity contribution >= 4 is 61.6 Å². The van der Waals surface area contributed by atoms with Crippen LogP contribution in [0.1, 0.15) is 25.7 Å². The second-order valence-electron chi connectivity index (χ2n) is 3.68. The summed E-state index contributed by atoms with van der Waals surface area (Å²) in [7, 11) is 0. The average molecular weight is 557 g/mol. The number of hydrogen-bond donors (Lipinski definition) is 2. The molecule has 0 aromatic carbocycles. The van der Waals surface area contributed by atoms with Crippen molar-refractivity contribution in [1.82, 2.24) is 0 Å². The van der Waals surface area contributed by atoms with E-state index in [4.69, 9.17) is 19.7 Å². The fourth-order valence-electron chi connectivity index (χ4n) is 1.54. The zero-order chi connectivity index (χ0) is 12.0. The van der Waals surface area contributed by atoms with Crippen LogP contribution in [0.4, 0.5) is 0 Å². The molecule has 6 nitrogen and oxygen atoms in total. The number of ether oxygens (including phenoxy) is 2. The zero-order valence-electron chi connectivity index (χ0n) is 11.1. The summed E-state index contributed by atoms with van der Waals surface area (Å²) in [4.78, 5) is 20.2. The van der Waals surface area contributed by atoms with E-state index in [9.17, 15) is 9.59 Å². The van der Waals surface area contributed by atoms with Gasteiger partial charge in [0.1, 0.15) is 0 Å². The van der Waals surface area contributed by atoms with Gasteiger partial charge in [-0.15, -0.1) is 49.6 Å². The van der Waals surface area contributed by atoms with Gasteiger partial charge in [-0.2, -0.15) is 0 Å². The summed E-state index contributed by atoms with van der Waals surface area (Å²) in [6.07, 6.45) is 2.09. The van der Waals surface area contributed by atoms with Gasteiger partial charge < -0.3 is 19.7 Å². The Kier molecular flexibility index (Phi) is 30.2. The number of halogens is 4. The van der Waals surface area contributed by atoms with Gasteiger partial charge in [0.25, 0.3) is 0 Å². The number of carboxylic acid groups (broad SMARTS) is 2. The van der Waals surface area contributed by atoms with E-state index in [-0.39, 0.29) is 75.5 Å². The minimum atomic E-state index is -0.831. The first kappa shape index (κ1) is 33.5. The quantitative estimate of drug-likeness (QED) is 0.507. The van der Waals surface area contributed by atoms with Gasteiger partial charge in [-0.25, -0.2) is 9.59 Å². The second kappa shape index (κ2) is 18.9. The molecule has 0 aromatic heterocycles. The smallest absolute Gasteiger partial charge is 0.332 e. The summed E-state index contributed by atoms with van der Waals surface area (Å²) in [5, 5.41) is 16.6. The second-order valence-corrected chi connectivity index (χ2v) is 3.68. The molecule has 2 N–H and O–H groups in total. The van der Waals surface area contributed by atoms with E-state index in [0.29, 0.717) is 26.1 Å². The largest absolute Gasteiger partial charge is 0.479 e. The van der Waals surface area contributed by atoms with Crippen molar-refractivity contribution in [3.8, 4) is 0 Å². The Balaban J connectivity index is -0.0000000656. The van der Waals surface area contributed by atoms with Crippen molar-refractivity contribution in [1.29, 1.82) is 0 Å². The average Bonchev–Trinajstić information content (AvgIpc) is 2.93. The summed E-state index contributed by atoms with van der Waals surface area (Å²) >= 11 is 0. The number of hydrogen-bond acceptors (Lipinski definition) is 4. The Labute approximate surface area is 167 Å². The van der Waals surface area contributed by atoms with Crippen LogP contribution in [0.3, 0.4) is 0 Å². The molecule has 2 rings (SSSR count). The molecule has 0 radical (unpaired) electrons. The third-order valence-electron chi connectivity index (χ3n) is 2.41.